The standard InChI is InChI=1S/C19H29N3O7S/c1-14(2)18(19(20)24)22(25,11-8-17(23)21-9-12-29-13-10-21)30(26,27)16-7-5-4-6-15(16)28-3/h4-7,14,18,25H,8-13H2,1-3H3,(H-,20,24)/p+1/t18-,22?/m1/s1. The maximum atomic E-state index is 13.6. The normalized spacial score (nSPS) is 18.0. The maximum Gasteiger partial charge on any atom is 0.361 e. The van der Waals surface area contributed by atoms with Crippen LogP contribution in [0.1, 0.15) is 20.3 Å². The van der Waals surface area contributed by atoms with Gasteiger partial charge in [-0.1, -0.05) is 30.0 Å². The van der Waals surface area contributed by atoms with Crippen molar-refractivity contribution in [3.05, 3.63) is 24.3 Å². The number of nitrogens with zero attached hydrogens (tertiary/aromatic N) is 2. The molecule has 1 heterocycles. The third-order valence-electron chi connectivity index (χ3n) is 5.13. The molecule has 1 aliphatic heterocycles. The molecule has 1 aromatic rings. The highest BCUT2D eigenvalue weighted by molar-refractivity contribution is 7.86. The van der Waals surface area contributed by atoms with Crippen molar-refractivity contribution in [2.75, 3.05) is 40.0 Å². The van der Waals surface area contributed by atoms with E-state index in [0.29, 0.717) is 26.3 Å². The molecule has 168 valence electrons. The Morgan fingerprint density at radius 1 is 1.27 bits per heavy atom. The van der Waals surface area contributed by atoms with Crippen LogP contribution in [0, 0.1) is 5.92 Å². The van der Waals surface area contributed by atoms with Crippen LogP contribution in [0.2, 0.25) is 0 Å². The van der Waals surface area contributed by atoms with E-state index in [4.69, 9.17) is 15.2 Å². The van der Waals surface area contributed by atoms with Gasteiger partial charge in [0, 0.05) is 19.0 Å². The first-order valence-electron chi connectivity index (χ1n) is 9.69. The lowest BCUT2D eigenvalue weighted by molar-refractivity contribution is -1.02. The fourth-order valence-electron chi connectivity index (χ4n) is 3.63. The van der Waals surface area contributed by atoms with Gasteiger partial charge in [-0.25, -0.2) is 0 Å². The van der Waals surface area contributed by atoms with Gasteiger partial charge in [-0.3, -0.25) is 9.59 Å². The molecule has 2 amide bonds. The number of ether oxygens (including phenoxy) is 2. The molecule has 0 radical (unpaired) electrons. The Bertz CT molecular complexity index is 869. The zero-order valence-corrected chi connectivity index (χ0v) is 18.3. The van der Waals surface area contributed by atoms with Crippen LogP contribution in [-0.2, 0) is 24.3 Å². The Kier molecular flexibility index (Phi) is 7.81. The topological polar surface area (TPSA) is 136 Å². The van der Waals surface area contributed by atoms with E-state index in [2.05, 4.69) is 0 Å². The predicted octanol–water partition coefficient (Wildman–Crippen LogP) is 0.349. The van der Waals surface area contributed by atoms with E-state index in [1.165, 1.54) is 30.2 Å². The van der Waals surface area contributed by atoms with Crippen molar-refractivity contribution in [2.24, 2.45) is 11.7 Å². The summed E-state index contributed by atoms with van der Waals surface area (Å²) < 4.78 is 35.8. The molecule has 1 fully saturated rings. The van der Waals surface area contributed by atoms with Gasteiger partial charge in [0.25, 0.3) is 5.91 Å². The smallest absolute Gasteiger partial charge is 0.361 e. The van der Waals surface area contributed by atoms with Crippen molar-refractivity contribution in [3.63, 3.8) is 0 Å². The Hall–Kier alpha value is -2.21. The van der Waals surface area contributed by atoms with Crippen molar-refractivity contribution >= 4 is 21.8 Å². The number of primary amides is 1. The van der Waals surface area contributed by atoms with Crippen molar-refractivity contribution in [2.45, 2.75) is 31.2 Å². The summed E-state index contributed by atoms with van der Waals surface area (Å²) in [6, 6.07) is 4.29. The monoisotopic (exact) mass is 444 g/mol. The first-order valence-corrected chi connectivity index (χ1v) is 11.1. The summed E-state index contributed by atoms with van der Waals surface area (Å²) in [5, 5.41) is 11.5. The lowest BCUT2D eigenvalue weighted by Gasteiger charge is -2.36. The van der Waals surface area contributed by atoms with Gasteiger partial charge >= 0.3 is 10.0 Å². The molecule has 10 nitrogen and oxygen atoms in total. The Balaban J connectivity index is 2.47. The molecule has 0 aliphatic carbocycles. The summed E-state index contributed by atoms with van der Waals surface area (Å²) in [6.07, 6.45) is -0.290. The quantitative estimate of drug-likeness (QED) is 0.414. The summed E-state index contributed by atoms with van der Waals surface area (Å²) in [6.45, 7) is 4.17. The van der Waals surface area contributed by atoms with Gasteiger partial charge in [-0.05, 0) is 12.1 Å². The summed E-state index contributed by atoms with van der Waals surface area (Å²) in [5.74, 6) is -1.92. The first-order chi connectivity index (χ1) is 14.1. The molecule has 3 N–H and O–H groups in total. The van der Waals surface area contributed by atoms with Crippen LogP contribution < -0.4 is 10.5 Å². The van der Waals surface area contributed by atoms with E-state index < -0.39 is 38.5 Å². The number of morpholine rings is 1. The number of methoxy groups -OCH3 is 1. The van der Waals surface area contributed by atoms with Gasteiger partial charge < -0.3 is 20.1 Å². The summed E-state index contributed by atoms with van der Waals surface area (Å²) in [7, 11) is -3.29. The molecule has 11 heteroatoms. The summed E-state index contributed by atoms with van der Waals surface area (Å²) >= 11 is 0. The van der Waals surface area contributed by atoms with Crippen molar-refractivity contribution < 1.29 is 36.7 Å². The molecule has 1 aliphatic rings. The number of quaternary nitrogens is 1. The van der Waals surface area contributed by atoms with E-state index in [9.17, 15) is 23.2 Å². The third kappa shape index (κ3) is 4.75. The van der Waals surface area contributed by atoms with E-state index in [-0.39, 0.29) is 23.0 Å². The number of carbonyl (C=O) groups is 2. The number of rotatable bonds is 9. The Labute approximate surface area is 176 Å². The summed E-state index contributed by atoms with van der Waals surface area (Å²) in [5.41, 5.74) is 5.50. The highest BCUT2D eigenvalue weighted by Crippen LogP contribution is 2.34. The van der Waals surface area contributed by atoms with Gasteiger partial charge in [0.05, 0.1) is 26.7 Å². The molecule has 2 atom stereocenters. The molecule has 1 saturated heterocycles. The zero-order chi connectivity index (χ0) is 22.5. The number of carbonyl (C=O) groups excluding carboxylic acids is 2. The molecule has 0 saturated carbocycles. The molecule has 1 unspecified atom stereocenters. The van der Waals surface area contributed by atoms with Crippen molar-refractivity contribution in [3.8, 4) is 5.75 Å². The number of hydrogen-bond acceptors (Lipinski definition) is 7. The van der Waals surface area contributed by atoms with Gasteiger partial charge in [0.1, 0.15) is 12.3 Å². The molecule has 30 heavy (non-hydrogen) atoms. The number of amides is 2. The van der Waals surface area contributed by atoms with Gasteiger partial charge in [-0.15, -0.1) is 0 Å². The third-order valence-corrected chi connectivity index (χ3v) is 7.27. The van der Waals surface area contributed by atoms with Crippen LogP contribution in [0.25, 0.3) is 0 Å². The minimum atomic E-state index is -4.59. The lowest BCUT2D eigenvalue weighted by Crippen LogP contribution is -2.64. The lowest BCUT2D eigenvalue weighted by atomic mass is 10.0. The Morgan fingerprint density at radius 3 is 2.40 bits per heavy atom. The first kappa shape index (κ1) is 24.1. The van der Waals surface area contributed by atoms with Crippen LogP contribution in [-0.4, -0.2) is 80.4 Å². The Morgan fingerprint density at radius 2 is 1.87 bits per heavy atom. The van der Waals surface area contributed by atoms with Crippen LogP contribution in [0.4, 0.5) is 0 Å². The van der Waals surface area contributed by atoms with Crippen LogP contribution in [0.3, 0.4) is 0 Å². The zero-order valence-electron chi connectivity index (χ0n) is 17.5. The number of nitrogens with two attached hydrogens (primary N) is 1. The number of benzene rings is 1. The molecule has 0 bridgehead atoms. The summed E-state index contributed by atoms with van der Waals surface area (Å²) in [4.78, 5) is 26.1. The van der Waals surface area contributed by atoms with Crippen LogP contribution in [0.5, 0.6) is 5.75 Å². The second-order valence-corrected chi connectivity index (χ2v) is 9.46. The van der Waals surface area contributed by atoms with E-state index in [0.717, 1.165) is 0 Å². The maximum absolute atomic E-state index is 13.6. The fourth-order valence-corrected chi connectivity index (χ4v) is 5.61. The largest absolute Gasteiger partial charge is 0.495 e. The number of para-hydroxylation sites is 1. The van der Waals surface area contributed by atoms with Gasteiger partial charge in [0.2, 0.25) is 11.9 Å². The number of hydroxylamine groups is 2. The molecular weight excluding hydrogens is 414 g/mol. The van der Waals surface area contributed by atoms with Crippen LogP contribution in [0.15, 0.2) is 29.2 Å². The van der Waals surface area contributed by atoms with Crippen molar-refractivity contribution in [1.29, 1.82) is 0 Å². The number of hydrogen-bond donors (Lipinski definition) is 2. The second-order valence-electron chi connectivity index (χ2n) is 7.44. The average Bonchev–Trinajstić information content (AvgIpc) is 2.71. The number of sulfonamides is 1. The minimum Gasteiger partial charge on any atom is -0.495 e. The molecular formula is C19H30N3O7S+. The molecule has 0 aromatic heterocycles. The SMILES string of the molecule is COc1ccccc1S(=O)(=O)[N+](O)(CCC(=O)N1CCOCC1)[C@@H](C(N)=O)C(C)C. The van der Waals surface area contributed by atoms with E-state index >= 15 is 0 Å². The van der Waals surface area contributed by atoms with E-state index in [1.807, 2.05) is 0 Å². The van der Waals surface area contributed by atoms with Gasteiger partial charge in [0.15, 0.2) is 4.90 Å². The molecule has 0 spiro atoms. The molecule has 1 aromatic carbocycles. The minimum absolute atomic E-state index is 0.0144. The predicted molar refractivity (Wildman–Crippen MR) is 107 cm³/mol. The second kappa shape index (κ2) is 9.73. The average molecular weight is 445 g/mol. The van der Waals surface area contributed by atoms with Crippen LogP contribution >= 0.6 is 0 Å². The molecule has 2 rings (SSSR count). The van der Waals surface area contributed by atoms with Crippen molar-refractivity contribution in [1.82, 2.24) is 4.90 Å². The van der Waals surface area contributed by atoms with E-state index in [1.54, 1.807) is 19.9 Å². The highest BCUT2D eigenvalue weighted by Gasteiger charge is 2.54. The van der Waals surface area contributed by atoms with Gasteiger partial charge in [-0.2, -0.15) is 13.6 Å². The highest BCUT2D eigenvalue weighted by atomic mass is 32.2. The fraction of sp³-hybridized carbons (Fsp3) is 0.579.